The molecule has 5 aliphatic carbocycles. The minimum atomic E-state index is -1.56. The Kier molecular flexibility index (Phi) is 8.80. The molecule has 5 fully saturated rings. The minimum absolute atomic E-state index is 0.0895. The second-order valence-corrected chi connectivity index (χ2v) is 16.8. The van der Waals surface area contributed by atoms with Gasteiger partial charge in [-0.25, -0.2) is 0 Å². The maximum Gasteiger partial charge on any atom is 0.302 e. The van der Waals surface area contributed by atoms with Crippen LogP contribution in [0.5, 0.6) is 0 Å². The number of hydrogen-bond donors (Lipinski definition) is 4. The molecule has 6 rings (SSSR count). The van der Waals surface area contributed by atoms with E-state index >= 15 is 0 Å². The number of ether oxygens (including phenoxy) is 4. The molecule has 0 aromatic heterocycles. The number of allylic oxidation sites excluding steroid dienone is 1. The van der Waals surface area contributed by atoms with E-state index in [9.17, 15) is 30.0 Å². The molecule has 0 aromatic rings. The van der Waals surface area contributed by atoms with E-state index in [1.54, 1.807) is 0 Å². The van der Waals surface area contributed by atoms with Crippen LogP contribution in [0.3, 0.4) is 0 Å². The SMILES string of the molecule is CC(=O)OC[C@H]1O[C@@H](O[C@@H]2C[C@H]3C(C)(C)[C@H](OC(C)=O)CC[C@]3(C)[C@H]3CC[C@@]45C[C@H](O)C[C@H](C)[C@@H]4CC=C5[C@@]32C)[C@H](O)[C@@H](O)[C@@H]1O. The summed E-state index contributed by atoms with van der Waals surface area (Å²) in [5.74, 6) is 0.330. The van der Waals surface area contributed by atoms with E-state index in [0.717, 1.165) is 44.9 Å². The molecule has 46 heavy (non-hydrogen) atoms. The quantitative estimate of drug-likeness (QED) is 0.198. The van der Waals surface area contributed by atoms with Gasteiger partial charge in [0, 0.05) is 24.7 Å². The molecule has 0 aromatic carbocycles. The predicted octanol–water partition coefficient (Wildman–Crippen LogP) is 3.66. The molecule has 1 saturated heterocycles. The van der Waals surface area contributed by atoms with E-state index < -0.39 is 48.2 Å². The molecule has 260 valence electrons. The summed E-state index contributed by atoms with van der Waals surface area (Å²) in [7, 11) is 0. The maximum atomic E-state index is 12.2. The lowest BCUT2D eigenvalue weighted by molar-refractivity contribution is -0.335. The zero-order valence-corrected chi connectivity index (χ0v) is 28.6. The lowest BCUT2D eigenvalue weighted by Gasteiger charge is -2.70. The fraction of sp³-hybridized carbons (Fsp3) is 0.889. The number of hydrogen-bond acceptors (Lipinski definition) is 10. The highest BCUT2D eigenvalue weighted by atomic mass is 16.7. The van der Waals surface area contributed by atoms with Gasteiger partial charge in [-0.2, -0.15) is 0 Å². The summed E-state index contributed by atoms with van der Waals surface area (Å²) in [4.78, 5) is 23.7. The number of carbonyl (C=O) groups is 2. The molecular formula is C36H56O10. The van der Waals surface area contributed by atoms with Crippen molar-refractivity contribution in [3.63, 3.8) is 0 Å². The van der Waals surface area contributed by atoms with Crippen molar-refractivity contribution in [3.05, 3.63) is 11.6 Å². The van der Waals surface area contributed by atoms with Crippen LogP contribution in [0.4, 0.5) is 0 Å². The van der Waals surface area contributed by atoms with Gasteiger partial charge in [0.25, 0.3) is 0 Å². The van der Waals surface area contributed by atoms with Crippen LogP contribution in [-0.4, -0.2) is 88.0 Å². The van der Waals surface area contributed by atoms with Gasteiger partial charge in [-0.1, -0.05) is 46.3 Å². The fourth-order valence-corrected chi connectivity index (χ4v) is 12.1. The van der Waals surface area contributed by atoms with Gasteiger partial charge in [0.2, 0.25) is 0 Å². The topological polar surface area (TPSA) is 152 Å². The van der Waals surface area contributed by atoms with Crippen LogP contribution in [-0.2, 0) is 28.5 Å². The van der Waals surface area contributed by atoms with E-state index in [2.05, 4.69) is 40.7 Å². The molecule has 1 heterocycles. The Balaban J connectivity index is 1.41. The lowest BCUT2D eigenvalue weighted by Crippen LogP contribution is -2.68. The summed E-state index contributed by atoms with van der Waals surface area (Å²) in [6.07, 6.45) is 1.29. The third-order valence-corrected chi connectivity index (χ3v) is 14.0. The number of aliphatic hydroxyl groups excluding tert-OH is 4. The Morgan fingerprint density at radius 2 is 1.63 bits per heavy atom. The van der Waals surface area contributed by atoms with Crippen molar-refractivity contribution in [1.82, 2.24) is 0 Å². The van der Waals surface area contributed by atoms with Gasteiger partial charge >= 0.3 is 11.9 Å². The average molecular weight is 649 g/mol. The normalized spacial score (nSPS) is 51.1. The molecule has 1 aliphatic heterocycles. The zero-order valence-electron chi connectivity index (χ0n) is 28.6. The van der Waals surface area contributed by atoms with Crippen molar-refractivity contribution >= 4 is 11.9 Å². The van der Waals surface area contributed by atoms with E-state index in [0.29, 0.717) is 18.3 Å². The summed E-state index contributed by atoms with van der Waals surface area (Å²) < 4.78 is 24.1. The molecule has 0 radical (unpaired) electrons. The fourth-order valence-electron chi connectivity index (χ4n) is 12.1. The van der Waals surface area contributed by atoms with Crippen molar-refractivity contribution in [2.45, 2.75) is 149 Å². The number of esters is 2. The van der Waals surface area contributed by atoms with Crippen molar-refractivity contribution in [3.8, 4) is 0 Å². The molecule has 15 atom stereocenters. The van der Waals surface area contributed by atoms with Gasteiger partial charge in [-0.15, -0.1) is 0 Å². The Bertz CT molecular complexity index is 1230. The van der Waals surface area contributed by atoms with Crippen LogP contribution in [0.15, 0.2) is 11.6 Å². The molecule has 0 unspecified atom stereocenters. The van der Waals surface area contributed by atoms with Crippen LogP contribution in [0, 0.1) is 45.3 Å². The lowest BCUT2D eigenvalue weighted by atomic mass is 9.36. The van der Waals surface area contributed by atoms with Crippen molar-refractivity contribution in [1.29, 1.82) is 0 Å². The summed E-state index contributed by atoms with van der Waals surface area (Å²) >= 11 is 0. The van der Waals surface area contributed by atoms with Crippen molar-refractivity contribution in [2.24, 2.45) is 45.3 Å². The first-order chi connectivity index (χ1) is 21.5. The van der Waals surface area contributed by atoms with Gasteiger partial charge in [0.15, 0.2) is 6.29 Å². The van der Waals surface area contributed by atoms with Gasteiger partial charge in [0.05, 0.1) is 12.2 Å². The second-order valence-electron chi connectivity index (χ2n) is 16.8. The smallest absolute Gasteiger partial charge is 0.302 e. The van der Waals surface area contributed by atoms with Crippen LogP contribution >= 0.6 is 0 Å². The summed E-state index contributed by atoms with van der Waals surface area (Å²) in [5, 5.41) is 43.9. The Morgan fingerprint density at radius 1 is 0.913 bits per heavy atom. The number of rotatable bonds is 5. The van der Waals surface area contributed by atoms with Gasteiger partial charge in [-0.3, -0.25) is 9.59 Å². The molecule has 0 amide bonds. The van der Waals surface area contributed by atoms with E-state index in [4.69, 9.17) is 18.9 Å². The average Bonchev–Trinajstić information content (AvgIpc) is 3.36. The molecule has 0 bridgehead atoms. The standard InChI is InChI=1S/C36H56O10/c1-18-14-21(39)16-36-13-10-24-34(6)12-11-27(44-20(3)38)33(4,5)26(34)15-28(35(24,7)25(36)9-8-22(18)36)46-32-31(42)30(41)29(40)23(45-32)17-43-19(2)37/h9,18,21-24,26-32,39-42H,8,10-17H2,1-7H3/t18-,21+,22-,23+,24+,26-,27+,28+,29+,30-,31+,32-,34+,35+,36+/m0/s1. The highest BCUT2D eigenvalue weighted by Gasteiger charge is 2.71. The Labute approximate surface area is 273 Å². The largest absolute Gasteiger partial charge is 0.463 e. The first-order valence-corrected chi connectivity index (χ1v) is 17.5. The molecule has 4 saturated carbocycles. The molecule has 6 aliphatic rings. The van der Waals surface area contributed by atoms with E-state index in [1.165, 1.54) is 19.4 Å². The molecule has 1 spiro atoms. The van der Waals surface area contributed by atoms with Gasteiger partial charge in [-0.05, 0) is 85.9 Å². The highest BCUT2D eigenvalue weighted by molar-refractivity contribution is 5.66. The summed E-state index contributed by atoms with van der Waals surface area (Å²) in [6, 6.07) is 0. The third-order valence-electron chi connectivity index (χ3n) is 14.0. The maximum absolute atomic E-state index is 12.2. The Morgan fingerprint density at radius 3 is 2.30 bits per heavy atom. The first-order valence-electron chi connectivity index (χ1n) is 17.5. The van der Waals surface area contributed by atoms with E-state index in [1.807, 2.05) is 0 Å². The van der Waals surface area contributed by atoms with Crippen molar-refractivity contribution in [2.75, 3.05) is 6.61 Å². The van der Waals surface area contributed by atoms with Gasteiger partial charge in [0.1, 0.15) is 37.1 Å². The molecule has 10 heteroatoms. The summed E-state index contributed by atoms with van der Waals surface area (Å²) in [6.45, 7) is 13.8. The number of aliphatic hydroxyl groups is 4. The first kappa shape index (κ1) is 34.3. The van der Waals surface area contributed by atoms with Crippen LogP contribution in [0.2, 0.25) is 0 Å². The van der Waals surface area contributed by atoms with Crippen LogP contribution in [0.1, 0.15) is 99.8 Å². The highest BCUT2D eigenvalue weighted by Crippen LogP contribution is 2.75. The van der Waals surface area contributed by atoms with Gasteiger partial charge < -0.3 is 39.4 Å². The van der Waals surface area contributed by atoms with E-state index in [-0.39, 0.29) is 52.9 Å². The zero-order chi connectivity index (χ0) is 33.6. The van der Waals surface area contributed by atoms with Crippen LogP contribution in [0.25, 0.3) is 0 Å². The third kappa shape index (κ3) is 5.11. The predicted molar refractivity (Wildman–Crippen MR) is 167 cm³/mol. The molecule has 4 N–H and O–H groups in total. The molecular weight excluding hydrogens is 592 g/mol. The Hall–Kier alpha value is -1.56. The van der Waals surface area contributed by atoms with Crippen molar-refractivity contribution < 1.29 is 49.0 Å². The second kappa shape index (κ2) is 11.8. The van der Waals surface area contributed by atoms with Crippen LogP contribution < -0.4 is 0 Å². The number of carbonyl (C=O) groups excluding carboxylic acids is 2. The minimum Gasteiger partial charge on any atom is -0.463 e. The number of fused-ring (bicyclic) bond motifs is 4. The summed E-state index contributed by atoms with van der Waals surface area (Å²) in [5.41, 5.74) is 0.317. The monoisotopic (exact) mass is 648 g/mol. The molecule has 10 nitrogen and oxygen atoms in total.